The van der Waals surface area contributed by atoms with Gasteiger partial charge in [0.15, 0.2) is 0 Å². The van der Waals surface area contributed by atoms with Gasteiger partial charge in [0.05, 0.1) is 0 Å². The molecule has 0 bridgehead atoms. The molecule has 0 unspecified atom stereocenters. The number of hydrogen-bond acceptors (Lipinski definition) is 3. The molecule has 0 aliphatic carbocycles. The SMILES string of the molecule is CCCCCCCCCCCCCCCCC=C[S-].CCCCCCCCCCCCCCCCC=C[S-].CCCCCCCCCCCCCCCCC=C[S-].CCC[CH2][Sn+3]. The molecule has 0 saturated heterocycles. The van der Waals surface area contributed by atoms with E-state index >= 15 is 0 Å². The van der Waals surface area contributed by atoms with E-state index < -0.39 is 0 Å². The zero-order chi connectivity index (χ0) is 46.2. The Bertz CT molecular complexity index is 669. The van der Waals surface area contributed by atoms with Crippen molar-refractivity contribution < 1.29 is 0 Å². The van der Waals surface area contributed by atoms with Crippen molar-refractivity contribution in [1.82, 2.24) is 0 Å². The maximum absolute atomic E-state index is 4.77. The first-order valence-corrected chi connectivity index (χ1v) is 31.5. The number of hydrogen-bond donors (Lipinski definition) is 0. The van der Waals surface area contributed by atoms with E-state index in [2.05, 4.69) is 45.9 Å². The molecule has 0 rings (SSSR count). The molecule has 0 aromatic heterocycles. The van der Waals surface area contributed by atoms with Crippen molar-refractivity contribution in [2.24, 2.45) is 0 Å². The van der Waals surface area contributed by atoms with E-state index in [1.807, 2.05) is 0 Å². The van der Waals surface area contributed by atoms with Crippen molar-refractivity contribution in [3.8, 4) is 0 Å². The first-order chi connectivity index (χ1) is 30.7. The molecule has 0 aliphatic heterocycles. The van der Waals surface area contributed by atoms with Gasteiger partial charge in [0.25, 0.3) is 0 Å². The molecule has 0 atom stereocenters. The Morgan fingerprint density at radius 3 is 0.484 bits per heavy atom. The summed E-state index contributed by atoms with van der Waals surface area (Å²) in [5.41, 5.74) is 0. The van der Waals surface area contributed by atoms with Crippen LogP contribution >= 0.6 is 0 Å². The van der Waals surface area contributed by atoms with Crippen LogP contribution in [0.2, 0.25) is 4.44 Å². The van der Waals surface area contributed by atoms with Crippen LogP contribution in [0.3, 0.4) is 0 Å². The molecule has 62 heavy (non-hydrogen) atoms. The Morgan fingerprint density at radius 2 is 0.371 bits per heavy atom. The molecular weight excluding hydrogens is 912 g/mol. The summed E-state index contributed by atoms with van der Waals surface area (Å²) in [4.78, 5) is 0. The van der Waals surface area contributed by atoms with E-state index in [4.69, 9.17) is 37.9 Å². The minimum absolute atomic E-state index is 1.18. The Morgan fingerprint density at radius 1 is 0.226 bits per heavy atom. The molecule has 0 N–H and O–H groups in total. The molecule has 0 heterocycles. The average molecular weight is 1030 g/mol. The summed E-state index contributed by atoms with van der Waals surface area (Å²) in [5, 5.41) is 5.26. The van der Waals surface area contributed by atoms with Crippen LogP contribution in [0, 0.1) is 0 Å². The van der Waals surface area contributed by atoms with E-state index in [-0.39, 0.29) is 0 Å². The normalized spacial score (nSPS) is 11.2. The van der Waals surface area contributed by atoms with Crippen molar-refractivity contribution >= 4 is 60.4 Å². The molecule has 0 saturated carbocycles. The second-order valence-corrected chi connectivity index (χ2v) is 20.6. The summed E-state index contributed by atoms with van der Waals surface area (Å²) in [5.74, 6) is 0. The fourth-order valence-corrected chi connectivity index (χ4v) is 9.17. The van der Waals surface area contributed by atoms with Crippen LogP contribution in [0.1, 0.15) is 329 Å². The van der Waals surface area contributed by atoms with Crippen molar-refractivity contribution in [3.63, 3.8) is 0 Å². The van der Waals surface area contributed by atoms with Gasteiger partial charge in [0.2, 0.25) is 0 Å². The van der Waals surface area contributed by atoms with Gasteiger partial charge < -0.3 is 37.9 Å². The molecule has 0 nitrogen and oxygen atoms in total. The summed E-state index contributed by atoms with van der Waals surface area (Å²) >= 11 is 16.0. The summed E-state index contributed by atoms with van der Waals surface area (Å²) < 4.78 is 1.43. The van der Waals surface area contributed by atoms with Crippen LogP contribution in [0.5, 0.6) is 0 Å². The van der Waals surface area contributed by atoms with Crippen LogP contribution in [-0.2, 0) is 37.9 Å². The third kappa shape index (κ3) is 84.1. The van der Waals surface area contributed by atoms with Gasteiger partial charge in [-0.2, -0.15) is 0 Å². The zero-order valence-corrected chi connectivity index (χ0v) is 48.4. The third-order valence-electron chi connectivity index (χ3n) is 12.0. The first-order valence-electron chi connectivity index (χ1n) is 28.1. The first kappa shape index (κ1) is 69.3. The molecule has 0 spiro atoms. The van der Waals surface area contributed by atoms with Gasteiger partial charge in [-0.1, -0.05) is 271 Å². The van der Waals surface area contributed by atoms with E-state index in [9.17, 15) is 0 Å². The summed E-state index contributed by atoms with van der Waals surface area (Å²) in [6, 6.07) is 0. The fraction of sp³-hybridized carbons (Fsp3) is 0.897. The van der Waals surface area contributed by atoms with Gasteiger partial charge in [-0.3, -0.25) is 0 Å². The van der Waals surface area contributed by atoms with Gasteiger partial charge in [-0.15, -0.1) is 18.2 Å². The predicted octanol–water partition coefficient (Wildman–Crippen LogP) is 22.1. The molecule has 0 radical (unpaired) electrons. The summed E-state index contributed by atoms with van der Waals surface area (Å²) in [7, 11) is 0. The van der Waals surface area contributed by atoms with Gasteiger partial charge in [0.1, 0.15) is 0 Å². The van der Waals surface area contributed by atoms with Gasteiger partial charge in [0, 0.05) is 0 Å². The molecule has 4 heteroatoms. The second-order valence-electron chi connectivity index (χ2n) is 18.4. The minimum atomic E-state index is 1.18. The van der Waals surface area contributed by atoms with E-state index in [1.165, 1.54) is 306 Å². The average Bonchev–Trinajstić information content (AvgIpc) is 3.28. The number of unbranched alkanes of at least 4 members (excludes halogenated alkanes) is 43. The molecule has 0 aromatic carbocycles. The second kappa shape index (κ2) is 76.0. The monoisotopic (exact) mass is 1030 g/mol. The van der Waals surface area contributed by atoms with Gasteiger partial charge in [-0.25, -0.2) is 16.2 Å². The quantitative estimate of drug-likeness (QED) is 0.0339. The zero-order valence-electron chi connectivity index (χ0n) is 43.1. The third-order valence-corrected chi connectivity index (χ3v) is 13.6. The molecule has 0 aromatic rings. The maximum atomic E-state index is 4.77. The molecule has 368 valence electrons. The van der Waals surface area contributed by atoms with Crippen LogP contribution in [-0.4, -0.2) is 22.5 Å². The van der Waals surface area contributed by atoms with E-state index in [0.717, 1.165) is 0 Å². The predicted molar refractivity (Wildman–Crippen MR) is 300 cm³/mol. The Hall–Kier alpha value is 0.679. The van der Waals surface area contributed by atoms with Gasteiger partial charge in [-0.05, 0) is 38.5 Å². The molecule has 0 fully saturated rings. The number of rotatable bonds is 47. The Kier molecular flexibility index (Phi) is 84.8. The standard InChI is InChI=1S/3C18H36S.C4H9.Sn/c3*1-2-3-4-5-6-7-8-9-10-11-12-13-14-15-16-17-18-19;1-3-4-2;/h3*17-19H,2-16H2,1H3;1,3-4H2,2H3;/q;;;;+3/p-3. The topological polar surface area (TPSA) is 0 Å². The van der Waals surface area contributed by atoms with Crippen molar-refractivity contribution in [2.45, 2.75) is 334 Å². The van der Waals surface area contributed by atoms with E-state index in [0.29, 0.717) is 0 Å². The summed E-state index contributed by atoms with van der Waals surface area (Å²) in [6.45, 7) is 9.09. The summed E-state index contributed by atoms with van der Waals surface area (Å²) in [6.07, 6.45) is 72.9. The molecule has 0 aliphatic rings. The van der Waals surface area contributed by atoms with Gasteiger partial charge >= 0.3 is 46.7 Å². The van der Waals surface area contributed by atoms with Crippen LogP contribution in [0.4, 0.5) is 0 Å². The van der Waals surface area contributed by atoms with E-state index in [1.54, 1.807) is 38.7 Å². The Labute approximate surface area is 425 Å². The number of allylic oxidation sites excluding steroid dienone is 3. The van der Waals surface area contributed by atoms with Crippen molar-refractivity contribution in [3.05, 3.63) is 34.5 Å². The molecular formula is C58H114S3Sn. The van der Waals surface area contributed by atoms with Crippen LogP contribution in [0.25, 0.3) is 0 Å². The molecule has 0 amide bonds. The fourth-order valence-electron chi connectivity index (χ4n) is 7.75. The van der Waals surface area contributed by atoms with Crippen molar-refractivity contribution in [2.75, 3.05) is 0 Å². The van der Waals surface area contributed by atoms with Crippen molar-refractivity contribution in [1.29, 1.82) is 0 Å². The Balaban J connectivity index is -0.000000385. The van der Waals surface area contributed by atoms with Crippen LogP contribution in [0.15, 0.2) is 34.5 Å². The van der Waals surface area contributed by atoms with Crippen LogP contribution < -0.4 is 0 Å².